The van der Waals surface area contributed by atoms with E-state index in [1.165, 1.54) is 7.05 Å². The molecule has 11 nitrogen and oxygen atoms in total. The topological polar surface area (TPSA) is 165 Å². The molecule has 0 aliphatic rings. The zero-order valence-corrected chi connectivity index (χ0v) is 14.2. The molecule has 1 aromatic rings. The molecule has 1 aromatic carbocycles. The summed E-state index contributed by atoms with van der Waals surface area (Å²) in [5.74, 6) is -1.25. The van der Waals surface area contributed by atoms with Crippen LogP contribution >= 0.6 is 0 Å². The highest BCUT2D eigenvalue weighted by Gasteiger charge is 2.27. The summed E-state index contributed by atoms with van der Waals surface area (Å²) in [6.07, 6.45) is 1.14. The van der Waals surface area contributed by atoms with Gasteiger partial charge in [0, 0.05) is 16.2 Å². The average molecular weight is 372 g/mol. The van der Waals surface area contributed by atoms with E-state index in [2.05, 4.69) is 5.32 Å². The van der Waals surface area contributed by atoms with Gasteiger partial charge in [0.25, 0.3) is 11.4 Å². The van der Waals surface area contributed by atoms with Crippen LogP contribution in [0.5, 0.6) is 0 Å². The molecule has 0 saturated carbocycles. The molecule has 0 unspecified atom stereocenters. The van der Waals surface area contributed by atoms with E-state index < -0.39 is 46.8 Å². The molecular formula is C15H23N5O6. The Morgan fingerprint density at radius 3 is 2.50 bits per heavy atom. The van der Waals surface area contributed by atoms with Crippen molar-refractivity contribution in [2.45, 2.75) is 31.8 Å². The van der Waals surface area contributed by atoms with Crippen LogP contribution in [0, 0.1) is 20.2 Å². The van der Waals surface area contributed by atoms with Crippen LogP contribution in [0.15, 0.2) is 12.1 Å². The number of carbonyl (C=O) groups is 1. The minimum absolute atomic E-state index is 0.104. The summed E-state index contributed by atoms with van der Waals surface area (Å²) in [6, 6.07) is 0.566. The third kappa shape index (κ3) is 5.93. The Labute approximate surface area is 154 Å². The lowest BCUT2D eigenvalue weighted by Gasteiger charge is -2.17. The van der Waals surface area contributed by atoms with Crippen molar-refractivity contribution in [3.8, 4) is 0 Å². The molecule has 0 saturated heterocycles. The van der Waals surface area contributed by atoms with Crippen molar-refractivity contribution >= 4 is 23.0 Å². The van der Waals surface area contributed by atoms with E-state index in [1.807, 2.05) is 0 Å². The molecule has 11 heteroatoms. The number of carboxylic acids is 1. The third-order valence-electron chi connectivity index (χ3n) is 3.57. The number of nitro groups is 2. The summed E-state index contributed by atoms with van der Waals surface area (Å²) in [7, 11) is 1.22. The van der Waals surface area contributed by atoms with Gasteiger partial charge in [-0.25, -0.2) is 4.79 Å². The molecule has 0 aliphatic heterocycles. The quantitative estimate of drug-likeness (QED) is 0.297. The molecule has 1 rings (SSSR count). The largest absolute Gasteiger partial charge is 0.480 e. The second-order valence-electron chi connectivity index (χ2n) is 5.69. The van der Waals surface area contributed by atoms with E-state index >= 15 is 0 Å². The summed E-state index contributed by atoms with van der Waals surface area (Å²) in [4.78, 5) is 33.4. The summed E-state index contributed by atoms with van der Waals surface area (Å²) in [5, 5.41) is 34.6. The highest BCUT2D eigenvalue weighted by atomic mass is 16.6. The van der Waals surface area contributed by atoms with Gasteiger partial charge in [0.15, 0.2) is 0 Å². The highest BCUT2D eigenvalue weighted by molar-refractivity contribution is 5.80. The monoisotopic (exact) mass is 372 g/mol. The van der Waals surface area contributed by atoms with E-state index in [0.29, 0.717) is 25.5 Å². The summed E-state index contributed by atoms with van der Waals surface area (Å²) < 4.78 is 22.1. The molecule has 4 N–H and O–H groups in total. The second-order valence-corrected chi connectivity index (χ2v) is 5.69. The highest BCUT2D eigenvalue weighted by Crippen LogP contribution is 2.34. The predicted octanol–water partition coefficient (Wildman–Crippen LogP) is 1.56. The first-order valence-electron chi connectivity index (χ1n) is 9.24. The van der Waals surface area contributed by atoms with Crippen LogP contribution in [0.1, 0.15) is 28.9 Å². The van der Waals surface area contributed by atoms with E-state index in [1.54, 1.807) is 0 Å². The SMILES string of the molecule is [2H]C([2H])([2H])N(C)Cc1cc(N[C@@H](CCCCN)C(=O)O)c([N+](=O)[O-])cc1[N+](=O)[O-]. The Kier molecular flexibility index (Phi) is 6.17. The summed E-state index contributed by atoms with van der Waals surface area (Å²) in [6.45, 7) is -2.59. The molecular weight excluding hydrogens is 346 g/mol. The molecule has 0 aliphatic carbocycles. The first-order chi connectivity index (χ1) is 13.4. The number of hydrogen-bond acceptors (Lipinski definition) is 8. The van der Waals surface area contributed by atoms with E-state index in [9.17, 15) is 30.1 Å². The van der Waals surface area contributed by atoms with Crippen molar-refractivity contribution in [3.05, 3.63) is 37.9 Å². The summed E-state index contributed by atoms with van der Waals surface area (Å²) >= 11 is 0. The fourth-order valence-electron chi connectivity index (χ4n) is 2.38. The van der Waals surface area contributed by atoms with Crippen molar-refractivity contribution in [1.82, 2.24) is 4.90 Å². The number of rotatable bonds is 11. The number of benzene rings is 1. The van der Waals surface area contributed by atoms with Gasteiger partial charge in [-0.15, -0.1) is 0 Å². The van der Waals surface area contributed by atoms with E-state index in [4.69, 9.17) is 9.85 Å². The van der Waals surface area contributed by atoms with Gasteiger partial charge in [-0.2, -0.15) is 0 Å². The Balaban J connectivity index is 3.39. The van der Waals surface area contributed by atoms with Crippen LogP contribution in [0.25, 0.3) is 0 Å². The number of anilines is 1. The first kappa shape index (κ1) is 16.7. The number of nitro benzene ring substituents is 2. The molecule has 0 heterocycles. The minimum atomic E-state index is -2.55. The standard InChI is InChI=1S/C15H23N5O6/c1-18(2)9-10-7-12(14(20(25)26)8-13(10)19(23)24)17-11(15(21)22)5-3-4-6-16/h7-8,11,17H,3-6,9,16H2,1-2H3,(H,21,22)/t11-/m0/s1/i1D3. The smallest absolute Gasteiger partial charge is 0.326 e. The Morgan fingerprint density at radius 2 is 2.00 bits per heavy atom. The van der Waals surface area contributed by atoms with Gasteiger partial charge in [-0.3, -0.25) is 20.2 Å². The Hall–Kier alpha value is -2.79. The number of aliphatic carboxylic acids is 1. The maximum Gasteiger partial charge on any atom is 0.326 e. The minimum Gasteiger partial charge on any atom is -0.480 e. The van der Waals surface area contributed by atoms with Gasteiger partial charge < -0.3 is 21.1 Å². The van der Waals surface area contributed by atoms with Gasteiger partial charge in [-0.05, 0) is 45.9 Å². The number of nitrogens with one attached hydrogen (secondary N) is 1. The zero-order valence-electron chi connectivity index (χ0n) is 17.2. The Morgan fingerprint density at radius 1 is 1.35 bits per heavy atom. The number of unbranched alkanes of at least 4 members (excludes halogenated alkanes) is 1. The van der Waals surface area contributed by atoms with Crippen LogP contribution in [0.4, 0.5) is 17.1 Å². The molecule has 144 valence electrons. The van der Waals surface area contributed by atoms with Crippen molar-refractivity contribution in [1.29, 1.82) is 0 Å². The lowest BCUT2D eigenvalue weighted by atomic mass is 10.1. The molecule has 1 atom stereocenters. The van der Waals surface area contributed by atoms with Crippen molar-refractivity contribution in [2.75, 3.05) is 25.9 Å². The molecule has 0 amide bonds. The van der Waals surface area contributed by atoms with Crippen molar-refractivity contribution < 1.29 is 23.9 Å². The molecule has 0 bridgehead atoms. The van der Waals surface area contributed by atoms with E-state index in [0.717, 1.165) is 11.0 Å². The van der Waals surface area contributed by atoms with Gasteiger partial charge in [-0.1, -0.05) is 0 Å². The second kappa shape index (κ2) is 9.63. The molecule has 0 fully saturated rings. The van der Waals surface area contributed by atoms with E-state index in [-0.39, 0.29) is 17.7 Å². The van der Waals surface area contributed by atoms with Crippen molar-refractivity contribution in [2.24, 2.45) is 5.73 Å². The normalized spacial score (nSPS) is 14.2. The maximum absolute atomic E-state index is 11.5. The van der Waals surface area contributed by atoms with Gasteiger partial charge >= 0.3 is 5.97 Å². The predicted molar refractivity (Wildman–Crippen MR) is 95.1 cm³/mol. The molecule has 0 radical (unpaired) electrons. The van der Waals surface area contributed by atoms with Gasteiger partial charge in [0.2, 0.25) is 0 Å². The average Bonchev–Trinajstić information content (AvgIpc) is 2.59. The number of nitrogens with two attached hydrogens (primary N) is 1. The number of carboxylic acid groups (broad SMARTS) is 1. The van der Waals surface area contributed by atoms with Crippen molar-refractivity contribution in [3.63, 3.8) is 0 Å². The maximum atomic E-state index is 11.5. The molecule has 26 heavy (non-hydrogen) atoms. The lowest BCUT2D eigenvalue weighted by molar-refractivity contribution is -0.394. The number of nitrogens with zero attached hydrogens (tertiary/aromatic N) is 3. The first-order valence-corrected chi connectivity index (χ1v) is 7.74. The van der Waals surface area contributed by atoms with Gasteiger partial charge in [0.05, 0.1) is 15.9 Å². The lowest BCUT2D eigenvalue weighted by Crippen LogP contribution is -2.29. The fourth-order valence-corrected chi connectivity index (χ4v) is 2.38. The third-order valence-corrected chi connectivity index (χ3v) is 3.57. The molecule has 0 spiro atoms. The Bertz CT molecular complexity index is 774. The van der Waals surface area contributed by atoms with Crippen LogP contribution in [-0.4, -0.2) is 52.4 Å². The van der Waals surface area contributed by atoms with Crippen LogP contribution in [0.3, 0.4) is 0 Å². The number of hydrogen-bond donors (Lipinski definition) is 3. The summed E-state index contributed by atoms with van der Waals surface area (Å²) in [5.41, 5.74) is 3.73. The fraction of sp³-hybridized carbons (Fsp3) is 0.533. The molecule has 0 aromatic heterocycles. The van der Waals surface area contributed by atoms with Gasteiger partial charge in [0.1, 0.15) is 11.7 Å². The van der Waals surface area contributed by atoms with Crippen LogP contribution in [-0.2, 0) is 11.3 Å². The zero-order chi connectivity index (χ0) is 22.4. The van der Waals surface area contributed by atoms with Crippen LogP contribution < -0.4 is 11.1 Å². The van der Waals surface area contributed by atoms with Crippen LogP contribution in [0.2, 0.25) is 0 Å².